The molecule has 0 radical (unpaired) electrons. The molecule has 1 atom stereocenters. The molecular weight excluding hydrogens is 418 g/mol. The highest BCUT2D eigenvalue weighted by Crippen LogP contribution is 2.36. The summed E-state index contributed by atoms with van der Waals surface area (Å²) in [5, 5.41) is 5.84. The molecule has 2 heterocycles. The minimum Gasteiger partial charge on any atom is -0.405 e. The lowest BCUT2D eigenvalue weighted by atomic mass is 9.87. The third-order valence-electron chi connectivity index (χ3n) is 6.58. The zero-order chi connectivity index (χ0) is 23.3. The van der Waals surface area contributed by atoms with Crippen molar-refractivity contribution in [3.63, 3.8) is 0 Å². The van der Waals surface area contributed by atoms with Gasteiger partial charge in [-0.2, -0.15) is 5.10 Å². The predicted octanol–water partition coefficient (Wildman–Crippen LogP) is 7.03. The van der Waals surface area contributed by atoms with E-state index in [1.54, 1.807) is 6.20 Å². The molecule has 1 unspecified atom stereocenters. The minimum atomic E-state index is 0.0331. The van der Waals surface area contributed by atoms with Crippen molar-refractivity contribution in [1.82, 2.24) is 9.78 Å². The summed E-state index contributed by atoms with van der Waals surface area (Å²) in [6.45, 7) is 3.04. The third-order valence-corrected chi connectivity index (χ3v) is 6.58. The van der Waals surface area contributed by atoms with Gasteiger partial charge in [-0.15, -0.1) is 0 Å². The van der Waals surface area contributed by atoms with Gasteiger partial charge in [-0.05, 0) is 83.5 Å². The molecule has 0 saturated carbocycles. The number of benzene rings is 3. The fourth-order valence-electron chi connectivity index (χ4n) is 4.91. The molecule has 1 aliphatic rings. The molecule has 0 spiro atoms. The second-order valence-corrected chi connectivity index (χ2v) is 8.74. The van der Waals surface area contributed by atoms with Crippen LogP contribution < -0.4 is 5.73 Å². The summed E-state index contributed by atoms with van der Waals surface area (Å²) in [5.41, 5.74) is 14.0. The average Bonchev–Trinajstić information content (AvgIpc) is 3.32. The second-order valence-electron chi connectivity index (χ2n) is 8.74. The maximum Gasteiger partial charge on any atom is 0.150 e. The fraction of sp³-hybridized carbons (Fsp3) is 0.233. The summed E-state index contributed by atoms with van der Waals surface area (Å²) in [5.74, 6) is 0. The van der Waals surface area contributed by atoms with E-state index in [0.29, 0.717) is 0 Å². The number of nitrogens with two attached hydrogens (primary N) is 1. The number of fused-ring (bicyclic) bond motifs is 1. The highest BCUT2D eigenvalue weighted by atomic mass is 16.5. The molecule has 1 aromatic heterocycles. The van der Waals surface area contributed by atoms with Gasteiger partial charge in [0, 0.05) is 12.0 Å². The van der Waals surface area contributed by atoms with Crippen LogP contribution in [0.4, 0.5) is 0 Å². The molecule has 4 nitrogen and oxygen atoms in total. The van der Waals surface area contributed by atoms with E-state index in [0.717, 1.165) is 42.3 Å². The van der Waals surface area contributed by atoms with Crippen molar-refractivity contribution < 1.29 is 4.74 Å². The van der Waals surface area contributed by atoms with E-state index in [2.05, 4.69) is 79.7 Å². The van der Waals surface area contributed by atoms with Crippen LogP contribution in [0.3, 0.4) is 0 Å². The Labute approximate surface area is 201 Å². The standard InChI is InChI=1S/C30H31N3O/c1-2-27(23-8-4-3-5-9-23)30(24-13-11-22(12-14-24)17-18-31)25-15-16-28-26(20-25)21-32-33(28)29-10-6-7-19-34-29/h3-5,8-9,11-18,20-21,29H,2,6-7,10,19,31H2,1H3/b18-17+,30-27+. The number of allylic oxidation sites excluding steroid dienone is 1. The maximum absolute atomic E-state index is 6.00. The predicted molar refractivity (Wildman–Crippen MR) is 141 cm³/mol. The zero-order valence-corrected chi connectivity index (χ0v) is 19.7. The van der Waals surface area contributed by atoms with Crippen LogP contribution >= 0.6 is 0 Å². The number of nitrogens with zero attached hydrogens (tertiary/aromatic N) is 2. The Morgan fingerprint density at radius 2 is 1.79 bits per heavy atom. The van der Waals surface area contributed by atoms with Crippen LogP contribution in [0.15, 0.2) is 85.2 Å². The van der Waals surface area contributed by atoms with Crippen LogP contribution in [0.1, 0.15) is 61.1 Å². The minimum absolute atomic E-state index is 0.0331. The van der Waals surface area contributed by atoms with Crippen molar-refractivity contribution in [1.29, 1.82) is 0 Å². The lowest BCUT2D eigenvalue weighted by molar-refractivity contribution is -0.0366. The van der Waals surface area contributed by atoms with E-state index in [1.165, 1.54) is 34.3 Å². The summed E-state index contributed by atoms with van der Waals surface area (Å²) in [7, 11) is 0. The summed E-state index contributed by atoms with van der Waals surface area (Å²) in [4.78, 5) is 0. The molecular formula is C30H31N3O. The molecule has 172 valence electrons. The Bertz CT molecular complexity index is 1310. The van der Waals surface area contributed by atoms with Crippen molar-refractivity contribution in [2.45, 2.75) is 38.8 Å². The summed E-state index contributed by atoms with van der Waals surface area (Å²) >= 11 is 0. The maximum atomic E-state index is 6.00. The average molecular weight is 450 g/mol. The molecule has 5 rings (SSSR count). The molecule has 0 amide bonds. The van der Waals surface area contributed by atoms with E-state index in [4.69, 9.17) is 15.6 Å². The summed E-state index contributed by atoms with van der Waals surface area (Å²) in [6, 6.07) is 26.0. The SMILES string of the molecule is CC/C(=C(/c1ccc(/C=C/N)cc1)c1ccc2c(cnn2C2CCCCO2)c1)c1ccccc1. The first-order chi connectivity index (χ1) is 16.8. The number of rotatable bonds is 6. The van der Waals surface area contributed by atoms with E-state index in [1.807, 2.05) is 17.0 Å². The van der Waals surface area contributed by atoms with Crippen LogP contribution in [0.5, 0.6) is 0 Å². The molecule has 34 heavy (non-hydrogen) atoms. The van der Waals surface area contributed by atoms with E-state index in [-0.39, 0.29) is 6.23 Å². The highest BCUT2D eigenvalue weighted by Gasteiger charge is 2.20. The molecule has 1 aliphatic heterocycles. The monoisotopic (exact) mass is 449 g/mol. The van der Waals surface area contributed by atoms with Gasteiger partial charge in [-0.1, -0.05) is 67.6 Å². The van der Waals surface area contributed by atoms with E-state index in [9.17, 15) is 0 Å². The summed E-state index contributed by atoms with van der Waals surface area (Å²) in [6.07, 6.45) is 9.76. The van der Waals surface area contributed by atoms with Crippen molar-refractivity contribution in [2.24, 2.45) is 5.73 Å². The van der Waals surface area contributed by atoms with E-state index < -0.39 is 0 Å². The number of ether oxygens (including phenoxy) is 1. The molecule has 0 aliphatic carbocycles. The first-order valence-corrected chi connectivity index (χ1v) is 12.1. The second kappa shape index (κ2) is 10.1. The molecule has 2 N–H and O–H groups in total. The van der Waals surface area contributed by atoms with Gasteiger partial charge in [0.1, 0.15) is 0 Å². The van der Waals surface area contributed by atoms with Crippen LogP contribution in [0.2, 0.25) is 0 Å². The third kappa shape index (κ3) is 4.42. The van der Waals surface area contributed by atoms with Crippen LogP contribution in [-0.2, 0) is 4.74 Å². The molecule has 4 heteroatoms. The smallest absolute Gasteiger partial charge is 0.150 e. The van der Waals surface area contributed by atoms with Crippen molar-refractivity contribution in [2.75, 3.05) is 6.61 Å². The van der Waals surface area contributed by atoms with Gasteiger partial charge in [0.25, 0.3) is 0 Å². The fourth-order valence-corrected chi connectivity index (χ4v) is 4.91. The Morgan fingerprint density at radius 1 is 1.00 bits per heavy atom. The van der Waals surface area contributed by atoms with Gasteiger partial charge in [0.2, 0.25) is 0 Å². The quantitative estimate of drug-likeness (QED) is 0.321. The van der Waals surface area contributed by atoms with E-state index >= 15 is 0 Å². The summed E-state index contributed by atoms with van der Waals surface area (Å²) < 4.78 is 8.05. The first-order valence-electron chi connectivity index (χ1n) is 12.1. The molecule has 1 saturated heterocycles. The van der Waals surface area contributed by atoms with Gasteiger partial charge in [0.15, 0.2) is 6.23 Å². The molecule has 4 aromatic rings. The van der Waals surface area contributed by atoms with Gasteiger partial charge in [0.05, 0.1) is 11.7 Å². The zero-order valence-electron chi connectivity index (χ0n) is 19.7. The normalized spacial score (nSPS) is 17.3. The van der Waals surface area contributed by atoms with Gasteiger partial charge < -0.3 is 10.5 Å². The Balaban J connectivity index is 1.64. The van der Waals surface area contributed by atoms with Gasteiger partial charge in [-0.25, -0.2) is 4.68 Å². The lowest BCUT2D eigenvalue weighted by Gasteiger charge is -2.23. The van der Waals surface area contributed by atoms with Gasteiger partial charge >= 0.3 is 0 Å². The lowest BCUT2D eigenvalue weighted by Crippen LogP contribution is -2.18. The molecule has 1 fully saturated rings. The van der Waals surface area contributed by atoms with Crippen LogP contribution in [0.25, 0.3) is 28.1 Å². The van der Waals surface area contributed by atoms with Crippen LogP contribution in [0, 0.1) is 0 Å². The Morgan fingerprint density at radius 3 is 2.50 bits per heavy atom. The Hall–Kier alpha value is -3.63. The number of hydrogen-bond donors (Lipinski definition) is 1. The topological polar surface area (TPSA) is 53.1 Å². The Kier molecular flexibility index (Phi) is 6.59. The van der Waals surface area contributed by atoms with Crippen LogP contribution in [-0.4, -0.2) is 16.4 Å². The number of aromatic nitrogens is 2. The number of hydrogen-bond acceptors (Lipinski definition) is 3. The molecule has 0 bridgehead atoms. The molecule has 3 aromatic carbocycles. The van der Waals surface area contributed by atoms with Gasteiger partial charge in [-0.3, -0.25) is 0 Å². The largest absolute Gasteiger partial charge is 0.405 e. The first kappa shape index (κ1) is 22.2. The highest BCUT2D eigenvalue weighted by molar-refractivity contribution is 6.00. The van der Waals surface area contributed by atoms with Crippen molar-refractivity contribution in [3.8, 4) is 0 Å². The van der Waals surface area contributed by atoms with Crippen molar-refractivity contribution in [3.05, 3.63) is 107 Å². The van der Waals surface area contributed by atoms with Crippen molar-refractivity contribution >= 4 is 28.1 Å².